The van der Waals surface area contributed by atoms with Crippen LogP contribution in [0, 0.1) is 0 Å². The molecule has 6 nitrogen and oxygen atoms in total. The third-order valence-corrected chi connectivity index (χ3v) is 4.64. The topological polar surface area (TPSA) is 67.9 Å². The quantitative estimate of drug-likeness (QED) is 0.846. The van der Waals surface area contributed by atoms with Gasteiger partial charge in [-0.25, -0.2) is 0 Å². The first-order valence-corrected chi connectivity index (χ1v) is 9.32. The van der Waals surface area contributed by atoms with Gasteiger partial charge in [0.05, 0.1) is 0 Å². The molecule has 6 heteroatoms. The molecular weight excluding hydrogens is 356 g/mol. The zero-order chi connectivity index (χ0) is 20.3. The maximum Gasteiger partial charge on any atom is 0.231 e. The molecule has 2 amide bonds. The fourth-order valence-corrected chi connectivity index (χ4v) is 3.02. The van der Waals surface area contributed by atoms with Crippen molar-refractivity contribution in [1.82, 2.24) is 0 Å². The number of anilines is 2. The summed E-state index contributed by atoms with van der Waals surface area (Å²) in [6.45, 7) is 8.43. The normalized spacial score (nSPS) is 12.6. The second-order valence-electron chi connectivity index (χ2n) is 7.83. The molecule has 28 heavy (non-hydrogen) atoms. The second-order valence-corrected chi connectivity index (χ2v) is 7.83. The Balaban J connectivity index is 1.61. The lowest BCUT2D eigenvalue weighted by Crippen LogP contribution is -2.32. The second kappa shape index (κ2) is 7.92. The molecule has 0 atom stereocenters. The Morgan fingerprint density at radius 3 is 2.36 bits per heavy atom. The van der Waals surface area contributed by atoms with Gasteiger partial charge >= 0.3 is 0 Å². The molecule has 0 saturated carbocycles. The van der Waals surface area contributed by atoms with E-state index in [0.717, 1.165) is 5.69 Å². The highest BCUT2D eigenvalue weighted by molar-refractivity contribution is 5.95. The Morgan fingerprint density at radius 1 is 1.04 bits per heavy atom. The van der Waals surface area contributed by atoms with E-state index in [1.807, 2.05) is 24.3 Å². The Bertz CT molecular complexity index is 869. The zero-order valence-corrected chi connectivity index (χ0v) is 16.7. The number of benzene rings is 2. The van der Waals surface area contributed by atoms with Crippen LogP contribution in [0.4, 0.5) is 11.4 Å². The fourth-order valence-electron chi connectivity index (χ4n) is 3.02. The summed E-state index contributed by atoms with van der Waals surface area (Å²) in [5.74, 6) is 1.01. The summed E-state index contributed by atoms with van der Waals surface area (Å²) in [7, 11) is 0. The molecule has 0 aliphatic carbocycles. The molecule has 0 aromatic heterocycles. The number of carbonyl (C=O) groups is 2. The Kier molecular flexibility index (Phi) is 5.58. The number of nitrogens with zero attached hydrogens (tertiary/aromatic N) is 1. The van der Waals surface area contributed by atoms with E-state index in [0.29, 0.717) is 23.7 Å². The van der Waals surface area contributed by atoms with Crippen LogP contribution in [-0.2, 0) is 15.0 Å². The molecule has 0 radical (unpaired) electrons. The van der Waals surface area contributed by atoms with Gasteiger partial charge in [-0.2, -0.15) is 0 Å². The average molecular weight is 382 g/mol. The van der Waals surface area contributed by atoms with E-state index in [-0.39, 0.29) is 30.4 Å². The van der Waals surface area contributed by atoms with Crippen molar-refractivity contribution < 1.29 is 19.1 Å². The van der Waals surface area contributed by atoms with Crippen molar-refractivity contribution in [3.63, 3.8) is 0 Å². The smallest absolute Gasteiger partial charge is 0.231 e. The van der Waals surface area contributed by atoms with Gasteiger partial charge in [-0.15, -0.1) is 0 Å². The molecule has 1 aliphatic rings. The van der Waals surface area contributed by atoms with Crippen LogP contribution < -0.4 is 19.7 Å². The van der Waals surface area contributed by atoms with Gasteiger partial charge in [-0.05, 0) is 35.2 Å². The first-order valence-electron chi connectivity index (χ1n) is 9.32. The number of rotatable bonds is 5. The molecule has 0 saturated heterocycles. The van der Waals surface area contributed by atoms with Crippen LogP contribution in [0.3, 0.4) is 0 Å². The van der Waals surface area contributed by atoms with Crippen LogP contribution in [0.5, 0.6) is 11.5 Å². The lowest BCUT2D eigenvalue weighted by Gasteiger charge is -2.23. The van der Waals surface area contributed by atoms with E-state index in [4.69, 9.17) is 9.47 Å². The van der Waals surface area contributed by atoms with E-state index in [1.165, 1.54) is 12.5 Å². The SMILES string of the molecule is CC(=O)N(CCC(=O)Nc1ccc2c(c1)OCO2)c1ccc(C(C)(C)C)cc1. The van der Waals surface area contributed by atoms with Crippen molar-refractivity contribution in [2.24, 2.45) is 0 Å². The van der Waals surface area contributed by atoms with E-state index in [1.54, 1.807) is 23.1 Å². The van der Waals surface area contributed by atoms with Gasteiger partial charge in [0.15, 0.2) is 11.5 Å². The lowest BCUT2D eigenvalue weighted by atomic mass is 9.87. The first kappa shape index (κ1) is 19.7. The number of nitrogens with one attached hydrogen (secondary N) is 1. The third-order valence-electron chi connectivity index (χ3n) is 4.64. The number of ether oxygens (including phenoxy) is 2. The van der Waals surface area contributed by atoms with E-state index >= 15 is 0 Å². The Labute approximate surface area is 165 Å². The lowest BCUT2D eigenvalue weighted by molar-refractivity contribution is -0.117. The summed E-state index contributed by atoms with van der Waals surface area (Å²) in [5, 5.41) is 2.83. The van der Waals surface area contributed by atoms with Gasteiger partial charge in [0.1, 0.15) is 0 Å². The summed E-state index contributed by atoms with van der Waals surface area (Å²) in [6, 6.07) is 13.2. The molecular formula is C22H26N2O4. The summed E-state index contributed by atoms with van der Waals surface area (Å²) < 4.78 is 10.6. The maximum absolute atomic E-state index is 12.3. The van der Waals surface area contributed by atoms with Crippen molar-refractivity contribution in [2.45, 2.75) is 39.5 Å². The van der Waals surface area contributed by atoms with Crippen LogP contribution in [-0.4, -0.2) is 25.2 Å². The van der Waals surface area contributed by atoms with Crippen LogP contribution in [0.15, 0.2) is 42.5 Å². The van der Waals surface area contributed by atoms with Gasteiger partial charge in [0, 0.05) is 37.3 Å². The van der Waals surface area contributed by atoms with Gasteiger partial charge in [-0.1, -0.05) is 32.9 Å². The summed E-state index contributed by atoms with van der Waals surface area (Å²) in [6.07, 6.45) is 0.190. The number of carbonyl (C=O) groups excluding carboxylic acids is 2. The molecule has 148 valence electrons. The standard InChI is InChI=1S/C22H26N2O4/c1-15(25)24(18-8-5-16(6-9-18)22(2,3)4)12-11-21(26)23-17-7-10-19-20(13-17)28-14-27-19/h5-10,13H,11-12,14H2,1-4H3,(H,23,26). The zero-order valence-electron chi connectivity index (χ0n) is 16.7. The molecule has 2 aromatic rings. The van der Waals surface area contributed by atoms with Crippen molar-refractivity contribution in [1.29, 1.82) is 0 Å². The molecule has 2 aromatic carbocycles. The van der Waals surface area contributed by atoms with Crippen LogP contribution in [0.2, 0.25) is 0 Å². The van der Waals surface area contributed by atoms with Crippen LogP contribution >= 0.6 is 0 Å². The summed E-state index contributed by atoms with van der Waals surface area (Å²) in [5.41, 5.74) is 2.67. The van der Waals surface area contributed by atoms with E-state index in [2.05, 4.69) is 26.1 Å². The minimum Gasteiger partial charge on any atom is -0.454 e. The Hall–Kier alpha value is -3.02. The third kappa shape index (κ3) is 4.63. The van der Waals surface area contributed by atoms with Gasteiger partial charge in [0.2, 0.25) is 18.6 Å². The minimum absolute atomic E-state index is 0.0457. The predicted octanol–water partition coefficient (Wildman–Crippen LogP) is 4.09. The minimum atomic E-state index is -0.170. The molecule has 0 unspecified atom stereocenters. The first-order chi connectivity index (χ1) is 13.2. The van der Waals surface area contributed by atoms with Gasteiger partial charge < -0.3 is 19.7 Å². The number of hydrogen-bond acceptors (Lipinski definition) is 4. The molecule has 1 N–H and O–H groups in total. The summed E-state index contributed by atoms with van der Waals surface area (Å²) in [4.78, 5) is 26.0. The number of amides is 2. The molecule has 1 heterocycles. The molecule has 0 fully saturated rings. The molecule has 0 bridgehead atoms. The number of fused-ring (bicyclic) bond motifs is 1. The summed E-state index contributed by atoms with van der Waals surface area (Å²) >= 11 is 0. The molecule has 1 aliphatic heterocycles. The van der Waals surface area contributed by atoms with E-state index in [9.17, 15) is 9.59 Å². The largest absolute Gasteiger partial charge is 0.454 e. The van der Waals surface area contributed by atoms with Crippen LogP contribution in [0.25, 0.3) is 0 Å². The Morgan fingerprint density at radius 2 is 1.71 bits per heavy atom. The highest BCUT2D eigenvalue weighted by atomic mass is 16.7. The predicted molar refractivity (Wildman–Crippen MR) is 109 cm³/mol. The highest BCUT2D eigenvalue weighted by Crippen LogP contribution is 2.34. The molecule has 0 spiro atoms. The maximum atomic E-state index is 12.3. The van der Waals surface area contributed by atoms with Crippen molar-refractivity contribution >= 4 is 23.2 Å². The van der Waals surface area contributed by atoms with Crippen LogP contribution in [0.1, 0.15) is 39.7 Å². The van der Waals surface area contributed by atoms with E-state index < -0.39 is 0 Å². The van der Waals surface area contributed by atoms with Crippen molar-refractivity contribution in [3.05, 3.63) is 48.0 Å². The van der Waals surface area contributed by atoms with Crippen molar-refractivity contribution in [3.8, 4) is 11.5 Å². The fraction of sp³-hybridized carbons (Fsp3) is 0.364. The van der Waals surface area contributed by atoms with Gasteiger partial charge in [0.25, 0.3) is 0 Å². The van der Waals surface area contributed by atoms with Gasteiger partial charge in [-0.3, -0.25) is 9.59 Å². The number of hydrogen-bond donors (Lipinski definition) is 1. The van der Waals surface area contributed by atoms with Crippen molar-refractivity contribution in [2.75, 3.05) is 23.6 Å². The monoisotopic (exact) mass is 382 g/mol. The average Bonchev–Trinajstić information content (AvgIpc) is 3.09. The highest BCUT2D eigenvalue weighted by Gasteiger charge is 2.18. The molecule has 3 rings (SSSR count).